The zero-order valence-corrected chi connectivity index (χ0v) is 3.07. The van der Waals surface area contributed by atoms with Crippen LogP contribution in [0.2, 0.25) is 0 Å². The second-order valence-electron chi connectivity index (χ2n) is 0.491. The summed E-state index contributed by atoms with van der Waals surface area (Å²) in [7, 11) is 9.51. The molecule has 0 aliphatic rings. The van der Waals surface area contributed by atoms with Crippen molar-refractivity contribution in [3.63, 3.8) is 0 Å². The fourth-order valence-corrected chi connectivity index (χ4v) is 0. The van der Waals surface area contributed by atoms with E-state index in [1.165, 1.54) is 0 Å². The van der Waals surface area contributed by atoms with Gasteiger partial charge >= 0.3 is 0 Å². The minimum Gasteiger partial charge on any atom is -0.195 e. The van der Waals surface area contributed by atoms with Crippen LogP contribution in [0.25, 0.3) is 0 Å². The van der Waals surface area contributed by atoms with E-state index in [0.29, 0.717) is 0 Å². The minimum absolute atomic E-state index is 0.472. The minimum atomic E-state index is -0.472. The molecule has 0 saturated heterocycles. The van der Waals surface area contributed by atoms with Gasteiger partial charge in [0.05, 0.1) is 15.7 Å². The number of hydrogen-bond acceptors (Lipinski definition) is 1. The molecule has 0 saturated carbocycles. The van der Waals surface area contributed by atoms with Gasteiger partial charge < -0.3 is 0 Å². The van der Waals surface area contributed by atoms with Crippen LogP contribution in [-0.2, 0) is 0 Å². The highest BCUT2D eigenvalue weighted by molar-refractivity contribution is 7.83. The lowest BCUT2D eigenvalue weighted by molar-refractivity contribution is 2.02. The molecule has 0 rings (SSSR count). The van der Waals surface area contributed by atoms with Crippen LogP contribution in [-0.4, -0.2) is 20.7 Å². The molecule has 0 aliphatic heterocycles. The molecule has 0 aromatic rings. The zero-order chi connectivity index (χ0) is 3.58. The maximum atomic E-state index is 4.75. The van der Waals surface area contributed by atoms with Crippen LogP contribution in [0.15, 0.2) is 0 Å². The first kappa shape index (κ1) is 4.48. The lowest BCUT2D eigenvalue weighted by Crippen LogP contribution is -1.91. The molecule has 0 aliphatic carbocycles. The van der Waals surface area contributed by atoms with E-state index >= 15 is 0 Å². The molecule has 4 radical (unpaired) electrons. The SMILES string of the molecule is [B]C([B])S. The summed E-state index contributed by atoms with van der Waals surface area (Å²) in [4.78, 5) is 0. The maximum Gasteiger partial charge on any atom is 0.0713 e. The van der Waals surface area contributed by atoms with Crippen molar-refractivity contribution < 1.29 is 0 Å². The van der Waals surface area contributed by atoms with Crippen LogP contribution >= 0.6 is 12.6 Å². The van der Waals surface area contributed by atoms with Crippen LogP contribution in [0.1, 0.15) is 0 Å². The van der Waals surface area contributed by atoms with Crippen LogP contribution in [0.3, 0.4) is 0 Å². The van der Waals surface area contributed by atoms with Gasteiger partial charge in [0.25, 0.3) is 0 Å². The topological polar surface area (TPSA) is 0 Å². The molecular formula is CH2B2S. The van der Waals surface area contributed by atoms with Gasteiger partial charge in [0.1, 0.15) is 0 Å². The molecule has 0 unspecified atom stereocenters. The molecule has 3 heteroatoms. The van der Waals surface area contributed by atoms with Crippen LogP contribution in [0.5, 0.6) is 0 Å². The molecule has 0 heterocycles. The van der Waals surface area contributed by atoms with E-state index in [-0.39, 0.29) is 0 Å². The number of thiol groups is 1. The molecule has 0 fully saturated rings. The second kappa shape index (κ2) is 1.77. The largest absolute Gasteiger partial charge is 0.195 e. The molecule has 18 valence electrons. The summed E-state index contributed by atoms with van der Waals surface area (Å²) in [5.74, 6) is 0. The molecule has 0 spiro atoms. The normalized spacial score (nSPS) is 8.50. The van der Waals surface area contributed by atoms with E-state index in [0.717, 1.165) is 0 Å². The van der Waals surface area contributed by atoms with Crippen molar-refractivity contribution in [2.24, 2.45) is 0 Å². The van der Waals surface area contributed by atoms with Gasteiger partial charge in [0.2, 0.25) is 0 Å². The average molecular weight is 67.7 g/mol. The van der Waals surface area contributed by atoms with Crippen molar-refractivity contribution in [1.29, 1.82) is 0 Å². The molecule has 4 heavy (non-hydrogen) atoms. The number of rotatable bonds is 0. The highest BCUT2D eigenvalue weighted by atomic mass is 32.1. The van der Waals surface area contributed by atoms with E-state index < -0.39 is 5.05 Å². The Balaban J connectivity index is 2.32. The summed E-state index contributed by atoms with van der Waals surface area (Å²) in [6, 6.07) is 0. The Morgan fingerprint density at radius 3 is 1.50 bits per heavy atom. The van der Waals surface area contributed by atoms with Gasteiger partial charge in [-0.25, -0.2) is 0 Å². The van der Waals surface area contributed by atoms with Crippen LogP contribution < -0.4 is 0 Å². The molecule has 0 aromatic heterocycles. The fourth-order valence-electron chi connectivity index (χ4n) is 0. The third-order valence-electron chi connectivity index (χ3n) is 0. The van der Waals surface area contributed by atoms with E-state index in [4.69, 9.17) is 15.7 Å². The van der Waals surface area contributed by atoms with E-state index in [2.05, 4.69) is 12.6 Å². The van der Waals surface area contributed by atoms with Crippen LogP contribution in [0.4, 0.5) is 0 Å². The first-order valence-electron chi connectivity index (χ1n) is 0.925. The summed E-state index contributed by atoms with van der Waals surface area (Å²) in [6.45, 7) is 0. The van der Waals surface area contributed by atoms with Crippen molar-refractivity contribution in [3.8, 4) is 0 Å². The second-order valence-corrected chi connectivity index (χ2v) is 1.09. The van der Waals surface area contributed by atoms with Crippen molar-refractivity contribution in [3.05, 3.63) is 0 Å². The third-order valence-corrected chi connectivity index (χ3v) is 0. The zero-order valence-electron chi connectivity index (χ0n) is 2.18. The predicted octanol–water partition coefficient (Wildman–Crippen LogP) is -0.463. The first-order valence-corrected chi connectivity index (χ1v) is 1.44. The molecule has 0 bridgehead atoms. The van der Waals surface area contributed by atoms with Gasteiger partial charge in [-0.2, -0.15) is 12.6 Å². The lowest BCUT2D eigenvalue weighted by atomic mass is 9.86. The van der Waals surface area contributed by atoms with Gasteiger partial charge in [0.15, 0.2) is 0 Å². The Labute approximate surface area is 34.2 Å². The van der Waals surface area contributed by atoms with Crippen molar-refractivity contribution in [2.75, 3.05) is 0 Å². The fraction of sp³-hybridized carbons (Fsp3) is 1.00. The highest BCUT2D eigenvalue weighted by Crippen LogP contribution is 1.70. The standard InChI is InChI=1S/CH2B2S/c2-1(3)4/h1,4H. The summed E-state index contributed by atoms with van der Waals surface area (Å²) < 4.78 is 0. The summed E-state index contributed by atoms with van der Waals surface area (Å²) >= 11 is 3.52. The number of hydrogen-bond donors (Lipinski definition) is 1. The Kier molecular flexibility index (Phi) is 1.98. The van der Waals surface area contributed by atoms with Gasteiger partial charge in [-0.3, -0.25) is 0 Å². The maximum absolute atomic E-state index is 4.75. The van der Waals surface area contributed by atoms with Gasteiger partial charge in [-0.05, 0) is 0 Å². The van der Waals surface area contributed by atoms with Crippen molar-refractivity contribution in [1.82, 2.24) is 0 Å². The Bertz CT molecular complexity index is 10.8. The predicted molar refractivity (Wildman–Crippen MR) is 24.3 cm³/mol. The summed E-state index contributed by atoms with van der Waals surface area (Å²) in [6.07, 6.45) is 0. The molecule has 0 aromatic carbocycles. The molecular weight excluding hydrogens is 65.7 g/mol. The summed E-state index contributed by atoms with van der Waals surface area (Å²) in [5.41, 5.74) is 0. The molecule has 0 atom stereocenters. The van der Waals surface area contributed by atoms with E-state index in [1.807, 2.05) is 0 Å². The van der Waals surface area contributed by atoms with E-state index in [9.17, 15) is 0 Å². The Morgan fingerprint density at radius 1 is 1.50 bits per heavy atom. The third kappa shape index (κ3) is 23.6. The van der Waals surface area contributed by atoms with Gasteiger partial charge in [-0.1, -0.05) is 5.05 Å². The Hall–Kier alpha value is 0.480. The van der Waals surface area contributed by atoms with Crippen molar-refractivity contribution >= 4 is 28.3 Å². The average Bonchev–Trinajstić information content (AvgIpc) is 0.811. The van der Waals surface area contributed by atoms with Crippen molar-refractivity contribution in [2.45, 2.75) is 5.05 Å². The smallest absolute Gasteiger partial charge is 0.0713 e. The molecule has 0 nitrogen and oxygen atoms in total. The van der Waals surface area contributed by atoms with E-state index in [1.54, 1.807) is 0 Å². The highest BCUT2D eigenvalue weighted by Gasteiger charge is 1.69. The van der Waals surface area contributed by atoms with Gasteiger partial charge in [0, 0.05) is 0 Å². The van der Waals surface area contributed by atoms with Gasteiger partial charge in [-0.15, -0.1) is 0 Å². The monoisotopic (exact) mass is 68.0 g/mol. The summed E-state index contributed by atoms with van der Waals surface area (Å²) in [5, 5.41) is -0.472. The lowest BCUT2D eigenvalue weighted by Gasteiger charge is -1.78. The van der Waals surface area contributed by atoms with Crippen LogP contribution in [0, 0.1) is 0 Å². The molecule has 0 amide bonds. The quantitative estimate of drug-likeness (QED) is 0.288. The molecule has 0 N–H and O–H groups in total. The Morgan fingerprint density at radius 2 is 1.50 bits per heavy atom. The first-order chi connectivity index (χ1) is 1.73.